The molecule has 1 rings (SSSR count). The molecular weight excluding hydrogens is 1020 g/mol. The molecule has 82 heavy (non-hydrogen) atoms. The van der Waals surface area contributed by atoms with E-state index < -0.39 is 49.5 Å². The zero-order valence-electron chi connectivity index (χ0n) is 51.9. The molecule has 1 aliphatic rings. The smallest absolute Gasteiger partial charge is 0.220 e. The Kier molecular flexibility index (Phi) is 55.9. The molecule has 7 atom stereocenters. The molecule has 1 aliphatic heterocycles. The van der Waals surface area contributed by atoms with Gasteiger partial charge in [-0.1, -0.05) is 282 Å². The number of aliphatic hydroxyl groups excluding tert-OH is 5. The quantitative estimate of drug-likeness (QED) is 0.0261. The number of nitrogens with one attached hydrogen (secondary N) is 1. The van der Waals surface area contributed by atoms with Crippen LogP contribution >= 0.6 is 0 Å². The van der Waals surface area contributed by atoms with E-state index in [0.29, 0.717) is 6.42 Å². The number of hydrogen-bond acceptors (Lipinski definition) is 8. The Morgan fingerprint density at radius 3 is 1.17 bits per heavy atom. The van der Waals surface area contributed by atoms with Gasteiger partial charge in [-0.2, -0.15) is 0 Å². The Morgan fingerprint density at radius 2 is 0.768 bits per heavy atom. The highest BCUT2D eigenvalue weighted by molar-refractivity contribution is 5.76. The lowest BCUT2D eigenvalue weighted by Gasteiger charge is -2.40. The Bertz CT molecular complexity index is 1800. The van der Waals surface area contributed by atoms with E-state index in [1.807, 2.05) is 6.08 Å². The highest BCUT2D eigenvalue weighted by Crippen LogP contribution is 2.23. The molecule has 0 aromatic rings. The summed E-state index contributed by atoms with van der Waals surface area (Å²) in [5, 5.41) is 54.6. The highest BCUT2D eigenvalue weighted by Gasteiger charge is 2.44. The fraction of sp³-hybridized carbons (Fsp3) is 0.658. The zero-order valence-corrected chi connectivity index (χ0v) is 51.9. The average Bonchev–Trinajstić information content (AvgIpc) is 3.59. The molecule has 1 amide bonds. The van der Waals surface area contributed by atoms with Gasteiger partial charge in [0.05, 0.1) is 25.4 Å². The van der Waals surface area contributed by atoms with Crippen LogP contribution in [0.25, 0.3) is 0 Å². The summed E-state index contributed by atoms with van der Waals surface area (Å²) in [5.41, 5.74) is 0. The van der Waals surface area contributed by atoms with Gasteiger partial charge in [0.25, 0.3) is 0 Å². The predicted molar refractivity (Wildman–Crippen MR) is 350 cm³/mol. The Labute approximate surface area is 502 Å². The first-order valence-electron chi connectivity index (χ1n) is 33.1. The van der Waals surface area contributed by atoms with Crippen molar-refractivity contribution >= 4 is 5.91 Å². The molecule has 0 radical (unpaired) electrons. The second-order valence-electron chi connectivity index (χ2n) is 22.2. The van der Waals surface area contributed by atoms with Crippen molar-refractivity contribution in [3.63, 3.8) is 0 Å². The summed E-state index contributed by atoms with van der Waals surface area (Å²) in [6.45, 7) is 3.65. The first kappa shape index (κ1) is 76.1. The van der Waals surface area contributed by atoms with Crippen LogP contribution in [-0.2, 0) is 14.3 Å². The molecule has 7 unspecified atom stereocenters. The van der Waals surface area contributed by atoms with E-state index in [4.69, 9.17) is 9.47 Å². The van der Waals surface area contributed by atoms with E-state index in [2.05, 4.69) is 153 Å². The predicted octanol–water partition coefficient (Wildman–Crippen LogP) is 17.8. The first-order valence-corrected chi connectivity index (χ1v) is 33.1. The molecule has 0 saturated carbocycles. The molecule has 9 heteroatoms. The summed E-state index contributed by atoms with van der Waals surface area (Å²) in [7, 11) is 0. The van der Waals surface area contributed by atoms with Gasteiger partial charge in [-0.05, 0) is 109 Å². The van der Waals surface area contributed by atoms with Gasteiger partial charge in [0.2, 0.25) is 5.91 Å². The minimum absolute atomic E-state index is 0.206. The fourth-order valence-corrected chi connectivity index (χ4v) is 9.49. The molecule has 0 aromatic heterocycles. The van der Waals surface area contributed by atoms with Crippen molar-refractivity contribution in [2.45, 2.75) is 294 Å². The molecule has 0 spiro atoms. The van der Waals surface area contributed by atoms with Crippen LogP contribution < -0.4 is 5.32 Å². The Morgan fingerprint density at radius 1 is 0.427 bits per heavy atom. The lowest BCUT2D eigenvalue weighted by molar-refractivity contribution is -0.302. The minimum Gasteiger partial charge on any atom is -0.394 e. The van der Waals surface area contributed by atoms with E-state index in [9.17, 15) is 30.3 Å². The van der Waals surface area contributed by atoms with Crippen LogP contribution in [0.3, 0.4) is 0 Å². The number of ether oxygens (including phenoxy) is 2. The van der Waals surface area contributed by atoms with Gasteiger partial charge in [0.1, 0.15) is 24.4 Å². The van der Waals surface area contributed by atoms with Crippen LogP contribution in [-0.4, -0.2) is 87.5 Å². The average molecular weight is 1140 g/mol. The summed E-state index contributed by atoms with van der Waals surface area (Å²) >= 11 is 0. The lowest BCUT2D eigenvalue weighted by Crippen LogP contribution is -2.60. The standard InChI is InChI=1S/C73H121NO8/c1-3-5-7-9-11-13-15-17-19-21-23-25-27-28-29-30-31-32-33-34-35-36-37-38-39-40-41-43-45-47-49-51-53-55-57-59-61-63-69(77)74-66(65-81-73-72(80)71(79)70(78)68(64-75)82-73)67(76)62-60-58-56-54-52-50-48-46-44-42-26-24-22-20-18-16-14-12-10-8-6-4-2/h5,7,11,13,17,19,23,25,28-29,31-32,34-35,37-38,40-41,45,47,52,54,60,62,66-68,70-73,75-76,78-80H,3-4,6,8-10,12,14-16,18,20-22,24,26-27,30,33,36,39,42-44,46,48-51,53,55-59,61,63-65H2,1-2H3,(H,74,77)/b7-5-,13-11-,19-17-,25-23-,29-28-,32-31-,35-34-,38-37-,41-40-,47-45-,54-52+,62-60+. The van der Waals surface area contributed by atoms with Crippen LogP contribution in [0.2, 0.25) is 0 Å². The summed E-state index contributed by atoms with van der Waals surface area (Å²) in [6.07, 6.45) is 86.4. The fourth-order valence-electron chi connectivity index (χ4n) is 9.49. The van der Waals surface area contributed by atoms with Crippen LogP contribution in [0.4, 0.5) is 0 Å². The van der Waals surface area contributed by atoms with E-state index >= 15 is 0 Å². The maximum absolute atomic E-state index is 13.1. The number of rotatable bonds is 55. The van der Waals surface area contributed by atoms with Crippen molar-refractivity contribution < 1.29 is 39.8 Å². The monoisotopic (exact) mass is 1140 g/mol. The van der Waals surface area contributed by atoms with E-state index in [-0.39, 0.29) is 12.5 Å². The maximum atomic E-state index is 13.1. The minimum atomic E-state index is -1.58. The van der Waals surface area contributed by atoms with Crippen LogP contribution in [0.5, 0.6) is 0 Å². The third-order valence-electron chi connectivity index (χ3n) is 14.6. The first-order chi connectivity index (χ1) is 40.3. The largest absolute Gasteiger partial charge is 0.394 e. The summed E-state index contributed by atoms with van der Waals surface area (Å²) < 4.78 is 11.3. The van der Waals surface area contributed by atoms with E-state index in [0.717, 1.165) is 128 Å². The summed E-state index contributed by atoms with van der Waals surface area (Å²) in [5.74, 6) is -0.206. The number of amides is 1. The van der Waals surface area contributed by atoms with Crippen LogP contribution in [0, 0.1) is 0 Å². The number of aliphatic hydroxyl groups is 5. The molecule has 0 aromatic carbocycles. The maximum Gasteiger partial charge on any atom is 0.220 e. The van der Waals surface area contributed by atoms with Crippen LogP contribution in [0.15, 0.2) is 146 Å². The topological polar surface area (TPSA) is 149 Å². The van der Waals surface area contributed by atoms with Gasteiger partial charge < -0.3 is 40.3 Å². The number of hydrogen-bond donors (Lipinski definition) is 6. The van der Waals surface area contributed by atoms with E-state index in [1.165, 1.54) is 103 Å². The third-order valence-corrected chi connectivity index (χ3v) is 14.6. The van der Waals surface area contributed by atoms with Gasteiger partial charge in [-0.25, -0.2) is 0 Å². The van der Waals surface area contributed by atoms with Gasteiger partial charge in [0.15, 0.2) is 6.29 Å². The van der Waals surface area contributed by atoms with E-state index in [1.54, 1.807) is 6.08 Å². The SMILES string of the molecule is CC/C=C\C/C=C\C/C=C\C/C=C\C/C=C\C/C=C\C/C=C\C/C=C\C/C=C\C/C=C\CCCCCCCCC(=O)NC(COC1OC(CO)C(O)C(O)C1O)C(O)/C=C/CC/C=C/CCCCCCCCCCCCCCCCCC. The van der Waals surface area contributed by atoms with Crippen molar-refractivity contribution in [3.05, 3.63) is 146 Å². The van der Waals surface area contributed by atoms with Crippen molar-refractivity contribution in [1.82, 2.24) is 5.32 Å². The highest BCUT2D eigenvalue weighted by atomic mass is 16.7. The molecule has 1 heterocycles. The molecule has 1 saturated heterocycles. The van der Waals surface area contributed by atoms with Crippen molar-refractivity contribution in [2.75, 3.05) is 13.2 Å². The molecule has 0 bridgehead atoms. The molecule has 0 aliphatic carbocycles. The summed E-state index contributed by atoms with van der Waals surface area (Å²) in [6, 6.07) is -0.842. The Hall–Kier alpha value is -3.93. The van der Waals surface area contributed by atoms with Crippen LogP contribution in [0.1, 0.15) is 251 Å². The molecule has 9 nitrogen and oxygen atoms in total. The van der Waals surface area contributed by atoms with Gasteiger partial charge in [-0.15, -0.1) is 0 Å². The summed E-state index contributed by atoms with van der Waals surface area (Å²) in [4.78, 5) is 13.1. The normalized spacial score (nSPS) is 19.3. The van der Waals surface area contributed by atoms with Crippen molar-refractivity contribution in [2.24, 2.45) is 0 Å². The number of unbranched alkanes of at least 4 members (excludes halogenated alkanes) is 23. The Balaban J connectivity index is 2.22. The molecule has 466 valence electrons. The third kappa shape index (κ3) is 48.4. The molecule has 1 fully saturated rings. The number of allylic oxidation sites excluding steroid dienone is 23. The zero-order chi connectivity index (χ0) is 59.3. The molecule has 6 N–H and O–H groups in total. The molecular formula is C73H121NO8. The second kappa shape index (κ2) is 60.2. The number of carbonyl (C=O) groups is 1. The van der Waals surface area contributed by atoms with Crippen molar-refractivity contribution in [1.29, 1.82) is 0 Å². The number of carbonyl (C=O) groups excluding carboxylic acids is 1. The van der Waals surface area contributed by atoms with Gasteiger partial charge in [-0.3, -0.25) is 4.79 Å². The van der Waals surface area contributed by atoms with Gasteiger partial charge in [0, 0.05) is 6.42 Å². The van der Waals surface area contributed by atoms with Crippen molar-refractivity contribution in [3.8, 4) is 0 Å². The second-order valence-corrected chi connectivity index (χ2v) is 22.2. The van der Waals surface area contributed by atoms with Gasteiger partial charge >= 0.3 is 0 Å². The lowest BCUT2D eigenvalue weighted by atomic mass is 9.99.